The van der Waals surface area contributed by atoms with Crippen LogP contribution in [-0.4, -0.2) is 17.1 Å². The highest BCUT2D eigenvalue weighted by atomic mass is 16.4. The zero-order valence-corrected chi connectivity index (χ0v) is 13.0. The predicted octanol–water partition coefficient (Wildman–Crippen LogP) is 4.01. The minimum Gasteiger partial charge on any atom is -0.481 e. The van der Waals surface area contributed by atoms with Crippen molar-refractivity contribution in [3.63, 3.8) is 0 Å². The lowest BCUT2D eigenvalue weighted by Gasteiger charge is -2.30. The van der Waals surface area contributed by atoms with Gasteiger partial charge in [-0.25, -0.2) is 0 Å². The highest BCUT2D eigenvalue weighted by Crippen LogP contribution is 2.29. The molecule has 0 heterocycles. The van der Waals surface area contributed by atoms with Gasteiger partial charge in [0.05, 0.1) is 0 Å². The monoisotopic (exact) mass is 277 g/mol. The Balaban J connectivity index is 2.71. The van der Waals surface area contributed by atoms with E-state index in [-0.39, 0.29) is 23.9 Å². The van der Waals surface area contributed by atoms with Crippen molar-refractivity contribution < 1.29 is 9.90 Å². The van der Waals surface area contributed by atoms with Gasteiger partial charge in [-0.05, 0) is 30.7 Å². The van der Waals surface area contributed by atoms with Gasteiger partial charge >= 0.3 is 5.97 Å². The van der Waals surface area contributed by atoms with Crippen LogP contribution in [0.3, 0.4) is 0 Å². The van der Waals surface area contributed by atoms with E-state index in [1.165, 1.54) is 5.56 Å². The SMILES string of the molecule is CC(CCC(=O)O)NC(CC(C)(C)C)c1ccccc1. The highest BCUT2D eigenvalue weighted by molar-refractivity contribution is 5.66. The molecule has 0 amide bonds. The molecule has 2 atom stereocenters. The summed E-state index contributed by atoms with van der Waals surface area (Å²) in [4.78, 5) is 10.7. The summed E-state index contributed by atoms with van der Waals surface area (Å²) in [7, 11) is 0. The van der Waals surface area contributed by atoms with Gasteiger partial charge in [0.25, 0.3) is 0 Å². The van der Waals surface area contributed by atoms with Crippen molar-refractivity contribution in [3.8, 4) is 0 Å². The molecule has 3 heteroatoms. The second kappa shape index (κ2) is 7.44. The lowest BCUT2D eigenvalue weighted by molar-refractivity contribution is -0.137. The molecule has 0 saturated heterocycles. The third kappa shape index (κ3) is 6.71. The van der Waals surface area contributed by atoms with Gasteiger partial charge < -0.3 is 10.4 Å². The molecule has 0 aliphatic carbocycles. The number of nitrogens with one attached hydrogen (secondary N) is 1. The van der Waals surface area contributed by atoms with Gasteiger partial charge in [0.2, 0.25) is 0 Å². The summed E-state index contributed by atoms with van der Waals surface area (Å²) in [5, 5.41) is 12.4. The molecule has 0 aliphatic heterocycles. The molecule has 1 aromatic rings. The number of benzene rings is 1. The Bertz CT molecular complexity index is 409. The number of aliphatic carboxylic acids is 1. The lowest BCUT2D eigenvalue weighted by atomic mass is 9.85. The van der Waals surface area contributed by atoms with Crippen LogP contribution >= 0.6 is 0 Å². The van der Waals surface area contributed by atoms with Crippen LogP contribution < -0.4 is 5.32 Å². The molecule has 0 aliphatic rings. The Morgan fingerprint density at radius 2 is 1.85 bits per heavy atom. The molecule has 0 radical (unpaired) electrons. The minimum atomic E-state index is -0.731. The Morgan fingerprint density at radius 3 is 2.35 bits per heavy atom. The zero-order valence-electron chi connectivity index (χ0n) is 13.0. The maximum atomic E-state index is 10.7. The first-order chi connectivity index (χ1) is 9.28. The van der Waals surface area contributed by atoms with Crippen molar-refractivity contribution in [1.29, 1.82) is 0 Å². The number of carboxylic acids is 1. The number of hydrogen-bond acceptors (Lipinski definition) is 2. The zero-order chi connectivity index (χ0) is 15.2. The van der Waals surface area contributed by atoms with E-state index in [0.717, 1.165) is 6.42 Å². The number of carboxylic acid groups (broad SMARTS) is 1. The first-order valence-electron chi connectivity index (χ1n) is 7.31. The highest BCUT2D eigenvalue weighted by Gasteiger charge is 2.21. The molecule has 2 unspecified atom stereocenters. The summed E-state index contributed by atoms with van der Waals surface area (Å²) < 4.78 is 0. The second-order valence-electron chi connectivity index (χ2n) is 6.73. The van der Waals surface area contributed by atoms with Crippen molar-refractivity contribution in [3.05, 3.63) is 35.9 Å². The third-order valence-electron chi connectivity index (χ3n) is 3.30. The van der Waals surface area contributed by atoms with E-state index in [1.807, 2.05) is 6.07 Å². The molecular weight excluding hydrogens is 250 g/mol. The first-order valence-corrected chi connectivity index (χ1v) is 7.31. The molecule has 2 N–H and O–H groups in total. The molecule has 1 aromatic carbocycles. The van der Waals surface area contributed by atoms with Gasteiger partial charge in [0.15, 0.2) is 0 Å². The van der Waals surface area contributed by atoms with E-state index in [2.05, 4.69) is 57.3 Å². The topological polar surface area (TPSA) is 49.3 Å². The second-order valence-corrected chi connectivity index (χ2v) is 6.73. The van der Waals surface area contributed by atoms with Crippen LogP contribution in [0, 0.1) is 5.41 Å². The van der Waals surface area contributed by atoms with Crippen LogP contribution in [0.1, 0.15) is 58.6 Å². The summed E-state index contributed by atoms with van der Waals surface area (Å²) in [6.45, 7) is 8.74. The van der Waals surface area contributed by atoms with Crippen molar-refractivity contribution in [2.45, 2.75) is 59.0 Å². The van der Waals surface area contributed by atoms with Crippen molar-refractivity contribution >= 4 is 5.97 Å². The van der Waals surface area contributed by atoms with Crippen molar-refractivity contribution in [1.82, 2.24) is 5.32 Å². The Labute approximate surface area is 122 Å². The van der Waals surface area contributed by atoms with Gasteiger partial charge in [-0.3, -0.25) is 4.79 Å². The van der Waals surface area contributed by atoms with Crippen molar-refractivity contribution in [2.75, 3.05) is 0 Å². The molecule has 0 saturated carbocycles. The number of carbonyl (C=O) groups is 1. The normalized spacial score (nSPS) is 14.8. The summed E-state index contributed by atoms with van der Waals surface area (Å²) in [5.41, 5.74) is 1.49. The standard InChI is InChI=1S/C17H27NO2/c1-13(10-11-16(19)20)18-15(12-17(2,3)4)14-8-6-5-7-9-14/h5-9,13,15,18H,10-12H2,1-4H3,(H,19,20). The first kappa shape index (κ1) is 16.7. The summed E-state index contributed by atoms with van der Waals surface area (Å²) >= 11 is 0. The summed E-state index contributed by atoms with van der Waals surface area (Å²) in [6.07, 6.45) is 1.89. The van der Waals surface area contributed by atoms with Crippen molar-refractivity contribution in [2.24, 2.45) is 5.41 Å². The lowest BCUT2D eigenvalue weighted by Crippen LogP contribution is -2.33. The number of hydrogen-bond donors (Lipinski definition) is 2. The van der Waals surface area contributed by atoms with E-state index in [4.69, 9.17) is 5.11 Å². The Morgan fingerprint density at radius 1 is 1.25 bits per heavy atom. The quantitative estimate of drug-likeness (QED) is 0.791. The molecular formula is C17H27NO2. The average Bonchev–Trinajstić information content (AvgIpc) is 2.35. The van der Waals surface area contributed by atoms with Gasteiger partial charge in [-0.15, -0.1) is 0 Å². The van der Waals surface area contributed by atoms with E-state index in [9.17, 15) is 4.79 Å². The molecule has 20 heavy (non-hydrogen) atoms. The molecule has 0 fully saturated rings. The van der Waals surface area contributed by atoms with E-state index < -0.39 is 5.97 Å². The fourth-order valence-electron chi connectivity index (χ4n) is 2.34. The average molecular weight is 277 g/mol. The van der Waals surface area contributed by atoms with Crippen LogP contribution in [0.5, 0.6) is 0 Å². The maximum Gasteiger partial charge on any atom is 0.303 e. The molecule has 0 bridgehead atoms. The molecule has 0 spiro atoms. The van der Waals surface area contributed by atoms with Crippen LogP contribution in [0.15, 0.2) is 30.3 Å². The number of rotatable bonds is 7. The smallest absolute Gasteiger partial charge is 0.303 e. The van der Waals surface area contributed by atoms with E-state index in [0.29, 0.717) is 6.42 Å². The fraction of sp³-hybridized carbons (Fsp3) is 0.588. The van der Waals surface area contributed by atoms with Crippen LogP contribution in [0.4, 0.5) is 0 Å². The van der Waals surface area contributed by atoms with Gasteiger partial charge in [-0.1, -0.05) is 51.1 Å². The van der Waals surface area contributed by atoms with Crippen LogP contribution in [-0.2, 0) is 4.79 Å². The largest absolute Gasteiger partial charge is 0.481 e. The van der Waals surface area contributed by atoms with Gasteiger partial charge in [0, 0.05) is 18.5 Å². The molecule has 0 aromatic heterocycles. The predicted molar refractivity (Wildman–Crippen MR) is 82.7 cm³/mol. The fourth-order valence-corrected chi connectivity index (χ4v) is 2.34. The summed E-state index contributed by atoms with van der Waals surface area (Å²) in [5.74, 6) is -0.731. The van der Waals surface area contributed by atoms with Gasteiger partial charge in [0.1, 0.15) is 0 Å². The van der Waals surface area contributed by atoms with Crippen LogP contribution in [0.2, 0.25) is 0 Å². The van der Waals surface area contributed by atoms with E-state index in [1.54, 1.807) is 0 Å². The van der Waals surface area contributed by atoms with Crippen LogP contribution in [0.25, 0.3) is 0 Å². The Hall–Kier alpha value is -1.35. The Kier molecular flexibility index (Phi) is 6.21. The third-order valence-corrected chi connectivity index (χ3v) is 3.30. The molecule has 3 nitrogen and oxygen atoms in total. The molecule has 1 rings (SSSR count). The van der Waals surface area contributed by atoms with Gasteiger partial charge in [-0.2, -0.15) is 0 Å². The summed E-state index contributed by atoms with van der Waals surface area (Å²) in [6, 6.07) is 10.8. The maximum absolute atomic E-state index is 10.7. The minimum absolute atomic E-state index is 0.193. The molecule has 112 valence electrons. The van der Waals surface area contributed by atoms with E-state index >= 15 is 0 Å².